The van der Waals surface area contributed by atoms with E-state index in [1.807, 2.05) is 0 Å². The van der Waals surface area contributed by atoms with Gasteiger partial charge in [-0.3, -0.25) is 0 Å². The highest BCUT2D eigenvalue weighted by Crippen LogP contribution is 2.27. The standard InChI is InChI=1S/C16H21ClN6O5/c17-3-5-27-16-13(15(26)14(25)10(8-24)9-28-16)23-7-11(20-22-23)6-18-12-2-1-4-19-21-12/h1-2,4,7,10,14,16,24-26H,3,5-6,8-9H2,(H,18,21)/t10?,14-,16+/m1/s1. The summed E-state index contributed by atoms with van der Waals surface area (Å²) in [6.07, 6.45) is 0.748. The van der Waals surface area contributed by atoms with Gasteiger partial charge in [-0.25, -0.2) is 4.68 Å². The van der Waals surface area contributed by atoms with Gasteiger partial charge in [0.2, 0.25) is 6.29 Å². The zero-order valence-electron chi connectivity index (χ0n) is 14.8. The molecule has 0 amide bonds. The zero-order chi connectivity index (χ0) is 19.9. The van der Waals surface area contributed by atoms with Crippen molar-refractivity contribution >= 4 is 23.1 Å². The van der Waals surface area contributed by atoms with Gasteiger partial charge >= 0.3 is 0 Å². The molecule has 152 valence electrons. The summed E-state index contributed by atoms with van der Waals surface area (Å²) in [7, 11) is 0. The number of nitrogens with zero attached hydrogens (tertiary/aromatic N) is 5. The van der Waals surface area contributed by atoms with Gasteiger partial charge in [0.25, 0.3) is 0 Å². The first-order valence-electron chi connectivity index (χ1n) is 8.58. The Bertz CT molecular complexity index is 789. The topological polar surface area (TPSA) is 148 Å². The van der Waals surface area contributed by atoms with Crippen LogP contribution in [0, 0.1) is 5.92 Å². The fourth-order valence-electron chi connectivity index (χ4n) is 2.61. The number of nitrogens with one attached hydrogen (secondary N) is 1. The van der Waals surface area contributed by atoms with E-state index in [-0.39, 0.29) is 31.4 Å². The average Bonchev–Trinajstić information content (AvgIpc) is 3.15. The number of halogens is 1. The van der Waals surface area contributed by atoms with Crippen molar-refractivity contribution in [2.45, 2.75) is 18.9 Å². The molecule has 2 aromatic heterocycles. The van der Waals surface area contributed by atoms with Crippen LogP contribution in [0.2, 0.25) is 0 Å². The molecule has 3 atom stereocenters. The third kappa shape index (κ3) is 4.75. The molecule has 0 radical (unpaired) electrons. The third-order valence-corrected chi connectivity index (χ3v) is 4.22. The van der Waals surface area contributed by atoms with Crippen molar-refractivity contribution < 1.29 is 24.8 Å². The maximum absolute atomic E-state index is 10.6. The second-order valence-corrected chi connectivity index (χ2v) is 6.38. The van der Waals surface area contributed by atoms with Crippen LogP contribution in [0.15, 0.2) is 30.3 Å². The molecule has 28 heavy (non-hydrogen) atoms. The second-order valence-electron chi connectivity index (χ2n) is 6.00. The highest BCUT2D eigenvalue weighted by molar-refractivity contribution is 6.17. The quantitative estimate of drug-likeness (QED) is 0.436. The summed E-state index contributed by atoms with van der Waals surface area (Å²) in [5.41, 5.74) is 0.617. The minimum atomic E-state index is -1.34. The number of hydrogen-bond acceptors (Lipinski definition) is 10. The first-order valence-corrected chi connectivity index (χ1v) is 9.11. The number of rotatable bonds is 8. The SMILES string of the molecule is OCC1CO[C@H](OCCCl)C(n2cc(CNc3cccnn3)nn2)=C(O)[C@@H]1O. The summed E-state index contributed by atoms with van der Waals surface area (Å²) in [5.74, 6) is -0.332. The van der Waals surface area contributed by atoms with Crippen LogP contribution in [0.1, 0.15) is 5.69 Å². The fourth-order valence-corrected chi connectivity index (χ4v) is 2.70. The van der Waals surface area contributed by atoms with E-state index in [4.69, 9.17) is 21.1 Å². The molecule has 11 nitrogen and oxygen atoms in total. The molecule has 0 saturated carbocycles. The van der Waals surface area contributed by atoms with Gasteiger partial charge in [-0.2, -0.15) is 5.10 Å². The van der Waals surface area contributed by atoms with E-state index in [9.17, 15) is 15.3 Å². The van der Waals surface area contributed by atoms with E-state index < -0.39 is 24.1 Å². The molecule has 2 aromatic rings. The summed E-state index contributed by atoms with van der Waals surface area (Å²) in [5, 5.41) is 49.1. The maximum Gasteiger partial charge on any atom is 0.204 e. The Morgan fingerprint density at radius 3 is 2.96 bits per heavy atom. The minimum absolute atomic E-state index is 0.0199. The molecular weight excluding hydrogens is 392 g/mol. The first-order chi connectivity index (χ1) is 13.6. The monoisotopic (exact) mass is 412 g/mol. The molecule has 0 fully saturated rings. The lowest BCUT2D eigenvalue weighted by Crippen LogP contribution is -2.28. The largest absolute Gasteiger partial charge is 0.507 e. The van der Waals surface area contributed by atoms with Crippen molar-refractivity contribution in [3.8, 4) is 0 Å². The highest BCUT2D eigenvalue weighted by Gasteiger charge is 2.35. The summed E-state index contributed by atoms with van der Waals surface area (Å²) in [6, 6.07) is 3.50. The third-order valence-electron chi connectivity index (χ3n) is 4.07. The van der Waals surface area contributed by atoms with Crippen LogP contribution < -0.4 is 5.32 Å². The van der Waals surface area contributed by atoms with Crippen molar-refractivity contribution in [2.24, 2.45) is 5.92 Å². The van der Waals surface area contributed by atoms with Gasteiger partial charge in [-0.1, -0.05) is 5.21 Å². The Morgan fingerprint density at radius 2 is 2.25 bits per heavy atom. The summed E-state index contributed by atoms with van der Waals surface area (Å²) in [6.45, 7) is 0.0701. The Hall–Kier alpha value is -2.31. The van der Waals surface area contributed by atoms with Gasteiger partial charge in [0.1, 0.15) is 29.1 Å². The Morgan fingerprint density at radius 1 is 1.39 bits per heavy atom. The summed E-state index contributed by atoms with van der Waals surface area (Å²) >= 11 is 5.68. The van der Waals surface area contributed by atoms with Gasteiger partial charge in [0.05, 0.1) is 32.6 Å². The second kappa shape index (κ2) is 9.75. The van der Waals surface area contributed by atoms with E-state index in [0.29, 0.717) is 18.1 Å². The average molecular weight is 413 g/mol. The van der Waals surface area contributed by atoms with Crippen molar-refractivity contribution in [3.63, 3.8) is 0 Å². The minimum Gasteiger partial charge on any atom is -0.507 e. The van der Waals surface area contributed by atoms with Crippen LogP contribution in [0.3, 0.4) is 0 Å². The van der Waals surface area contributed by atoms with Crippen LogP contribution in [-0.4, -0.2) is 78.6 Å². The van der Waals surface area contributed by atoms with E-state index in [2.05, 4.69) is 25.8 Å². The highest BCUT2D eigenvalue weighted by atomic mass is 35.5. The molecule has 3 rings (SSSR count). The zero-order valence-corrected chi connectivity index (χ0v) is 15.6. The number of aliphatic hydroxyl groups excluding tert-OH is 3. The molecule has 0 spiro atoms. The Labute approximate surface area is 165 Å². The van der Waals surface area contributed by atoms with Crippen molar-refractivity contribution in [1.29, 1.82) is 0 Å². The molecule has 3 heterocycles. The number of aliphatic hydroxyl groups is 3. The molecule has 0 saturated heterocycles. The number of hydrogen-bond donors (Lipinski definition) is 4. The fraction of sp³-hybridized carbons (Fsp3) is 0.500. The smallest absolute Gasteiger partial charge is 0.204 e. The van der Waals surface area contributed by atoms with Crippen molar-refractivity contribution in [3.05, 3.63) is 36.0 Å². The van der Waals surface area contributed by atoms with Gasteiger partial charge < -0.3 is 30.1 Å². The van der Waals surface area contributed by atoms with Gasteiger partial charge in [0.15, 0.2) is 0 Å². The molecular formula is C16H21ClN6O5. The molecule has 1 aliphatic heterocycles. The predicted molar refractivity (Wildman–Crippen MR) is 98.2 cm³/mol. The van der Waals surface area contributed by atoms with Crippen LogP contribution in [0.5, 0.6) is 0 Å². The molecule has 12 heteroatoms. The summed E-state index contributed by atoms with van der Waals surface area (Å²) < 4.78 is 12.4. The van der Waals surface area contributed by atoms with E-state index in [1.54, 1.807) is 24.5 Å². The Kier molecular flexibility index (Phi) is 7.12. The van der Waals surface area contributed by atoms with Gasteiger partial charge in [0, 0.05) is 18.0 Å². The maximum atomic E-state index is 10.6. The normalized spacial score (nSPS) is 22.9. The summed E-state index contributed by atoms with van der Waals surface area (Å²) in [4.78, 5) is 0. The van der Waals surface area contributed by atoms with E-state index >= 15 is 0 Å². The van der Waals surface area contributed by atoms with E-state index in [0.717, 1.165) is 0 Å². The lowest BCUT2D eigenvalue weighted by Gasteiger charge is -2.19. The first kappa shape index (κ1) is 20.4. The van der Waals surface area contributed by atoms with Crippen LogP contribution >= 0.6 is 11.6 Å². The van der Waals surface area contributed by atoms with Gasteiger partial charge in [-0.05, 0) is 12.1 Å². The molecule has 1 unspecified atom stereocenters. The number of ether oxygens (including phenoxy) is 2. The van der Waals surface area contributed by atoms with Crippen molar-refractivity contribution in [2.75, 3.05) is 31.0 Å². The molecule has 1 aliphatic rings. The lowest BCUT2D eigenvalue weighted by atomic mass is 10.0. The van der Waals surface area contributed by atoms with Gasteiger partial charge in [-0.15, -0.1) is 21.8 Å². The number of alkyl halides is 1. The Balaban J connectivity index is 1.82. The molecule has 4 N–H and O–H groups in total. The van der Waals surface area contributed by atoms with Crippen LogP contribution in [0.4, 0.5) is 5.82 Å². The van der Waals surface area contributed by atoms with Crippen molar-refractivity contribution in [1.82, 2.24) is 25.2 Å². The van der Waals surface area contributed by atoms with E-state index in [1.165, 1.54) is 4.68 Å². The molecule has 0 aromatic carbocycles. The predicted octanol–water partition coefficient (Wildman–Crippen LogP) is -0.0121. The number of anilines is 1. The number of aromatic nitrogens is 5. The molecule has 0 bridgehead atoms. The molecule has 0 aliphatic carbocycles. The lowest BCUT2D eigenvalue weighted by molar-refractivity contribution is -0.117. The van der Waals surface area contributed by atoms with Crippen LogP contribution in [0.25, 0.3) is 5.70 Å². The van der Waals surface area contributed by atoms with Crippen LogP contribution in [-0.2, 0) is 16.0 Å².